The van der Waals surface area contributed by atoms with Crippen LogP contribution in [0.25, 0.3) is 0 Å². The minimum atomic E-state index is -0.679. The third kappa shape index (κ3) is 4.50. The van der Waals surface area contributed by atoms with Gasteiger partial charge in [0, 0.05) is 5.25 Å². The van der Waals surface area contributed by atoms with Crippen LogP contribution in [0.1, 0.15) is 33.0 Å². The summed E-state index contributed by atoms with van der Waals surface area (Å²) < 4.78 is 4.88. The molecule has 0 saturated carbocycles. The Balaban J connectivity index is 2.65. The zero-order chi connectivity index (χ0) is 14.5. The number of aromatic amines is 1. The number of nitrogens with one attached hydrogen (secondary N) is 2. The number of likely N-dealkylation sites (N-methyl/N-ethyl adjacent to an activating group) is 1. The van der Waals surface area contributed by atoms with Gasteiger partial charge < -0.3 is 10.1 Å². The number of aryl methyl sites for hydroxylation is 1. The number of thioether (sulfide) groups is 1. The highest BCUT2D eigenvalue weighted by atomic mass is 32.2. The van der Waals surface area contributed by atoms with E-state index in [1.807, 2.05) is 20.8 Å². The number of ether oxygens (including phenoxy) is 1. The van der Waals surface area contributed by atoms with Gasteiger partial charge in [0.2, 0.25) is 5.16 Å². The molecule has 108 valence electrons. The van der Waals surface area contributed by atoms with Gasteiger partial charge in [-0.1, -0.05) is 25.6 Å². The van der Waals surface area contributed by atoms with Crippen LogP contribution in [0.3, 0.4) is 0 Å². The first-order chi connectivity index (χ1) is 8.91. The average molecular weight is 286 g/mol. The molecule has 0 aromatic carbocycles. The first-order valence-corrected chi connectivity index (χ1v) is 7.18. The number of esters is 1. The lowest BCUT2D eigenvalue weighted by atomic mass is 9.96. The topological polar surface area (TPSA) is 79.9 Å². The van der Waals surface area contributed by atoms with Gasteiger partial charge in [0.15, 0.2) is 0 Å². The van der Waals surface area contributed by atoms with E-state index < -0.39 is 5.54 Å². The standard InChI is InChI=1S/C12H22N4O2S/c1-6-13-12(4,10(17)18-5)7-8(2)19-11-14-9(3)15-16-11/h8,13H,6-7H2,1-5H3,(H,14,15,16). The molecule has 0 aliphatic rings. The smallest absolute Gasteiger partial charge is 0.325 e. The fraction of sp³-hybridized carbons (Fsp3) is 0.750. The Morgan fingerprint density at radius 2 is 2.32 bits per heavy atom. The molecule has 0 aliphatic carbocycles. The van der Waals surface area contributed by atoms with Crippen LogP contribution in [0.5, 0.6) is 0 Å². The fourth-order valence-electron chi connectivity index (χ4n) is 2.01. The maximum atomic E-state index is 11.9. The Morgan fingerprint density at radius 3 is 2.79 bits per heavy atom. The summed E-state index contributed by atoms with van der Waals surface area (Å²) in [7, 11) is 1.41. The van der Waals surface area contributed by atoms with Crippen LogP contribution in [0.2, 0.25) is 0 Å². The summed E-state index contributed by atoms with van der Waals surface area (Å²) >= 11 is 1.54. The molecule has 1 aromatic heterocycles. The second-order valence-corrected chi connectivity index (χ2v) is 6.10. The van der Waals surface area contributed by atoms with Crippen molar-refractivity contribution in [2.45, 2.75) is 50.1 Å². The predicted molar refractivity (Wildman–Crippen MR) is 75.2 cm³/mol. The normalized spacial score (nSPS) is 15.8. The number of hydrogen-bond acceptors (Lipinski definition) is 6. The van der Waals surface area contributed by atoms with E-state index in [4.69, 9.17) is 4.74 Å². The highest BCUT2D eigenvalue weighted by Crippen LogP contribution is 2.27. The molecule has 0 spiro atoms. The number of H-pyrrole nitrogens is 1. The van der Waals surface area contributed by atoms with Gasteiger partial charge in [-0.05, 0) is 26.8 Å². The third-order valence-corrected chi connectivity index (χ3v) is 3.74. The molecule has 7 heteroatoms. The van der Waals surface area contributed by atoms with Crippen LogP contribution in [0.4, 0.5) is 0 Å². The highest BCUT2D eigenvalue weighted by molar-refractivity contribution is 7.99. The van der Waals surface area contributed by atoms with Crippen molar-refractivity contribution in [3.63, 3.8) is 0 Å². The molecule has 0 fully saturated rings. The van der Waals surface area contributed by atoms with E-state index in [-0.39, 0.29) is 11.2 Å². The molecule has 0 radical (unpaired) electrons. The molecule has 0 amide bonds. The summed E-state index contributed by atoms with van der Waals surface area (Å²) in [6, 6.07) is 0. The molecular weight excluding hydrogens is 264 g/mol. The molecule has 19 heavy (non-hydrogen) atoms. The lowest BCUT2D eigenvalue weighted by Gasteiger charge is -2.29. The second kappa shape index (κ2) is 6.91. The maximum Gasteiger partial charge on any atom is 0.325 e. The average Bonchev–Trinajstić information content (AvgIpc) is 2.73. The van der Waals surface area contributed by atoms with Gasteiger partial charge in [0.25, 0.3) is 0 Å². The molecule has 6 nitrogen and oxygen atoms in total. The molecular formula is C12H22N4O2S. The summed E-state index contributed by atoms with van der Waals surface area (Å²) in [6.07, 6.45) is 0.645. The first-order valence-electron chi connectivity index (χ1n) is 6.30. The maximum absolute atomic E-state index is 11.9. The molecule has 2 atom stereocenters. The van der Waals surface area contributed by atoms with E-state index in [2.05, 4.69) is 27.4 Å². The van der Waals surface area contributed by atoms with Crippen molar-refractivity contribution in [2.24, 2.45) is 0 Å². The summed E-state index contributed by atoms with van der Waals surface area (Å²) in [6.45, 7) is 8.46. The monoisotopic (exact) mass is 286 g/mol. The lowest BCUT2D eigenvalue weighted by Crippen LogP contribution is -2.51. The van der Waals surface area contributed by atoms with Crippen molar-refractivity contribution in [2.75, 3.05) is 13.7 Å². The number of rotatable bonds is 7. The highest BCUT2D eigenvalue weighted by Gasteiger charge is 2.35. The summed E-state index contributed by atoms with van der Waals surface area (Å²) in [5, 5.41) is 11.0. The predicted octanol–water partition coefficient (Wildman–Crippen LogP) is 1.53. The summed E-state index contributed by atoms with van der Waals surface area (Å²) in [5.74, 6) is 0.546. The second-order valence-electron chi connectivity index (χ2n) is 4.69. The number of nitrogens with zero attached hydrogens (tertiary/aromatic N) is 2. The number of carbonyl (C=O) groups excluding carboxylic acids is 1. The Hall–Kier alpha value is -1.08. The molecule has 0 saturated heterocycles. The Kier molecular flexibility index (Phi) is 5.81. The molecule has 0 bridgehead atoms. The van der Waals surface area contributed by atoms with Crippen molar-refractivity contribution in [3.05, 3.63) is 5.82 Å². The van der Waals surface area contributed by atoms with Crippen molar-refractivity contribution >= 4 is 17.7 Å². The van der Waals surface area contributed by atoms with E-state index in [0.717, 1.165) is 5.82 Å². The summed E-state index contributed by atoms with van der Waals surface area (Å²) in [4.78, 5) is 16.1. The third-order valence-electron chi connectivity index (χ3n) is 2.78. The number of hydrogen-bond donors (Lipinski definition) is 2. The van der Waals surface area contributed by atoms with Crippen LogP contribution in [0, 0.1) is 6.92 Å². The van der Waals surface area contributed by atoms with Crippen LogP contribution >= 0.6 is 11.8 Å². The lowest BCUT2D eigenvalue weighted by molar-refractivity contribution is -0.148. The molecule has 0 aliphatic heterocycles. The summed E-state index contributed by atoms with van der Waals surface area (Å²) in [5.41, 5.74) is -0.679. The van der Waals surface area contributed by atoms with E-state index >= 15 is 0 Å². The van der Waals surface area contributed by atoms with Gasteiger partial charge in [-0.25, -0.2) is 4.98 Å². The minimum absolute atomic E-state index is 0.193. The van der Waals surface area contributed by atoms with Crippen LogP contribution in [-0.2, 0) is 9.53 Å². The van der Waals surface area contributed by atoms with Crippen molar-refractivity contribution in [1.82, 2.24) is 20.5 Å². The van der Waals surface area contributed by atoms with Gasteiger partial charge in [0.1, 0.15) is 11.4 Å². The van der Waals surface area contributed by atoms with Gasteiger partial charge >= 0.3 is 5.97 Å². The van der Waals surface area contributed by atoms with Crippen LogP contribution in [-0.4, -0.2) is 45.6 Å². The van der Waals surface area contributed by atoms with Gasteiger partial charge in [-0.2, -0.15) is 0 Å². The fourth-order valence-corrected chi connectivity index (χ4v) is 3.08. The van der Waals surface area contributed by atoms with Crippen LogP contribution < -0.4 is 5.32 Å². The van der Waals surface area contributed by atoms with Crippen LogP contribution in [0.15, 0.2) is 5.16 Å². The van der Waals surface area contributed by atoms with Crippen molar-refractivity contribution < 1.29 is 9.53 Å². The molecule has 2 unspecified atom stereocenters. The molecule has 1 aromatic rings. The van der Waals surface area contributed by atoms with Crippen molar-refractivity contribution in [3.8, 4) is 0 Å². The quantitative estimate of drug-likeness (QED) is 0.584. The SMILES string of the molecule is CCNC(C)(CC(C)Sc1n[nH]c(C)n1)C(=O)OC. The zero-order valence-corrected chi connectivity index (χ0v) is 12.9. The van der Waals surface area contributed by atoms with Crippen molar-refractivity contribution in [1.29, 1.82) is 0 Å². The van der Waals surface area contributed by atoms with E-state index in [1.165, 1.54) is 7.11 Å². The minimum Gasteiger partial charge on any atom is -0.468 e. The number of carbonyl (C=O) groups is 1. The Labute approximate surface area is 118 Å². The van der Waals surface area contributed by atoms with E-state index in [0.29, 0.717) is 18.1 Å². The zero-order valence-electron chi connectivity index (χ0n) is 12.1. The van der Waals surface area contributed by atoms with Gasteiger partial charge in [0.05, 0.1) is 7.11 Å². The Morgan fingerprint density at radius 1 is 1.63 bits per heavy atom. The number of aromatic nitrogens is 3. The molecule has 2 N–H and O–H groups in total. The number of methoxy groups -OCH3 is 1. The first kappa shape index (κ1) is 16.0. The van der Waals surface area contributed by atoms with Gasteiger partial charge in [-0.15, -0.1) is 5.10 Å². The Bertz CT molecular complexity index is 424. The van der Waals surface area contributed by atoms with E-state index in [9.17, 15) is 4.79 Å². The van der Waals surface area contributed by atoms with E-state index in [1.54, 1.807) is 11.8 Å². The van der Waals surface area contributed by atoms with Gasteiger partial charge in [-0.3, -0.25) is 9.89 Å². The largest absolute Gasteiger partial charge is 0.468 e. The molecule has 1 heterocycles. The molecule has 1 rings (SSSR count).